The average molecular weight is 366 g/mol. The van der Waals surface area contributed by atoms with Crippen molar-refractivity contribution in [1.29, 1.82) is 0 Å². The molecule has 2 aromatic rings. The van der Waals surface area contributed by atoms with Crippen molar-refractivity contribution in [2.45, 2.75) is 33.2 Å². The van der Waals surface area contributed by atoms with Crippen LogP contribution in [0.5, 0.6) is 5.75 Å². The summed E-state index contributed by atoms with van der Waals surface area (Å²) < 4.78 is 5.58. The maximum absolute atomic E-state index is 12.6. The SMILES string of the molecule is C=C(C)COc1cccc(C(=O)Nc2ccccc2C(=O)NC(C)(C)C)c1. The number of nitrogens with one attached hydrogen (secondary N) is 2. The molecule has 0 aromatic heterocycles. The number of carbonyl (C=O) groups excluding carboxylic acids is 2. The summed E-state index contributed by atoms with van der Waals surface area (Å²) in [6, 6.07) is 13.8. The molecule has 0 bridgehead atoms. The van der Waals surface area contributed by atoms with E-state index in [1.807, 2.05) is 27.7 Å². The molecule has 142 valence electrons. The van der Waals surface area contributed by atoms with Gasteiger partial charge in [-0.3, -0.25) is 9.59 Å². The van der Waals surface area contributed by atoms with Crippen molar-refractivity contribution in [2.75, 3.05) is 11.9 Å². The predicted molar refractivity (Wildman–Crippen MR) is 108 cm³/mol. The third-order valence-corrected chi connectivity index (χ3v) is 3.49. The summed E-state index contributed by atoms with van der Waals surface area (Å²) in [5.41, 5.74) is 1.83. The molecule has 0 saturated heterocycles. The average Bonchev–Trinajstić information content (AvgIpc) is 2.59. The quantitative estimate of drug-likeness (QED) is 0.744. The molecular weight excluding hydrogens is 340 g/mol. The molecule has 0 aliphatic carbocycles. The third-order valence-electron chi connectivity index (χ3n) is 3.49. The van der Waals surface area contributed by atoms with E-state index in [-0.39, 0.29) is 17.4 Å². The largest absolute Gasteiger partial charge is 0.489 e. The van der Waals surface area contributed by atoms with E-state index in [4.69, 9.17) is 4.74 Å². The number of hydrogen-bond acceptors (Lipinski definition) is 3. The second kappa shape index (κ2) is 8.54. The molecule has 0 spiro atoms. The first-order valence-corrected chi connectivity index (χ1v) is 8.76. The van der Waals surface area contributed by atoms with Gasteiger partial charge >= 0.3 is 0 Å². The number of ether oxygens (including phenoxy) is 1. The maximum Gasteiger partial charge on any atom is 0.255 e. The van der Waals surface area contributed by atoms with Gasteiger partial charge in [0.15, 0.2) is 0 Å². The lowest BCUT2D eigenvalue weighted by atomic mass is 10.1. The highest BCUT2D eigenvalue weighted by atomic mass is 16.5. The third kappa shape index (κ3) is 6.29. The molecule has 5 heteroatoms. The van der Waals surface area contributed by atoms with Crippen molar-refractivity contribution in [2.24, 2.45) is 0 Å². The number of carbonyl (C=O) groups is 2. The Morgan fingerprint density at radius 1 is 1.04 bits per heavy atom. The van der Waals surface area contributed by atoms with Gasteiger partial charge in [-0.1, -0.05) is 24.8 Å². The Hall–Kier alpha value is -3.08. The summed E-state index contributed by atoms with van der Waals surface area (Å²) in [5, 5.41) is 5.72. The smallest absolute Gasteiger partial charge is 0.255 e. The van der Waals surface area contributed by atoms with Crippen LogP contribution < -0.4 is 15.4 Å². The van der Waals surface area contributed by atoms with E-state index in [0.717, 1.165) is 5.57 Å². The van der Waals surface area contributed by atoms with E-state index in [1.165, 1.54) is 0 Å². The highest BCUT2D eigenvalue weighted by molar-refractivity contribution is 6.09. The zero-order valence-electron chi connectivity index (χ0n) is 16.3. The summed E-state index contributed by atoms with van der Waals surface area (Å²) in [6.45, 7) is 11.8. The van der Waals surface area contributed by atoms with Crippen LogP contribution in [0, 0.1) is 0 Å². The second-order valence-corrected chi connectivity index (χ2v) is 7.48. The van der Waals surface area contributed by atoms with Crippen molar-refractivity contribution < 1.29 is 14.3 Å². The molecule has 0 aliphatic heterocycles. The van der Waals surface area contributed by atoms with Crippen LogP contribution in [0.15, 0.2) is 60.7 Å². The van der Waals surface area contributed by atoms with Crippen LogP contribution >= 0.6 is 0 Å². The minimum absolute atomic E-state index is 0.239. The van der Waals surface area contributed by atoms with Gasteiger partial charge in [-0.25, -0.2) is 0 Å². The van der Waals surface area contributed by atoms with Crippen LogP contribution in [0.25, 0.3) is 0 Å². The monoisotopic (exact) mass is 366 g/mol. The molecule has 0 atom stereocenters. The van der Waals surface area contributed by atoms with E-state index in [9.17, 15) is 9.59 Å². The first-order chi connectivity index (χ1) is 12.7. The minimum atomic E-state index is -0.372. The number of amides is 2. The molecule has 2 amide bonds. The van der Waals surface area contributed by atoms with Crippen molar-refractivity contribution in [3.8, 4) is 5.75 Å². The fourth-order valence-corrected chi connectivity index (χ4v) is 2.33. The van der Waals surface area contributed by atoms with Gasteiger partial charge in [0, 0.05) is 11.1 Å². The standard InChI is InChI=1S/C22H26N2O3/c1-15(2)14-27-17-10-8-9-16(13-17)20(25)23-19-12-7-6-11-18(19)21(26)24-22(3,4)5/h6-13H,1,14H2,2-5H3,(H,23,25)(H,24,26). The second-order valence-electron chi connectivity index (χ2n) is 7.48. The Balaban J connectivity index is 2.18. The first kappa shape index (κ1) is 20.2. The predicted octanol–water partition coefficient (Wildman–Crippen LogP) is 4.42. The molecule has 2 N–H and O–H groups in total. The van der Waals surface area contributed by atoms with E-state index >= 15 is 0 Å². The van der Waals surface area contributed by atoms with Gasteiger partial charge < -0.3 is 15.4 Å². The van der Waals surface area contributed by atoms with Gasteiger partial charge in [0.25, 0.3) is 11.8 Å². The maximum atomic E-state index is 12.6. The lowest BCUT2D eigenvalue weighted by Crippen LogP contribution is -2.40. The van der Waals surface area contributed by atoms with E-state index in [0.29, 0.717) is 29.2 Å². The number of rotatable bonds is 6. The Morgan fingerprint density at radius 2 is 1.74 bits per heavy atom. The molecule has 0 heterocycles. The highest BCUT2D eigenvalue weighted by Gasteiger charge is 2.19. The molecule has 2 aromatic carbocycles. The van der Waals surface area contributed by atoms with E-state index in [1.54, 1.807) is 48.5 Å². The van der Waals surface area contributed by atoms with Crippen molar-refractivity contribution in [1.82, 2.24) is 5.32 Å². The van der Waals surface area contributed by atoms with E-state index < -0.39 is 0 Å². The van der Waals surface area contributed by atoms with Gasteiger partial charge in [0.05, 0.1) is 11.3 Å². The fraction of sp³-hybridized carbons (Fsp3) is 0.273. The van der Waals surface area contributed by atoms with E-state index in [2.05, 4.69) is 17.2 Å². The summed E-state index contributed by atoms with van der Waals surface area (Å²) >= 11 is 0. The van der Waals surface area contributed by atoms with Crippen molar-refractivity contribution in [3.05, 3.63) is 71.8 Å². The number of para-hydroxylation sites is 1. The van der Waals surface area contributed by atoms with Gasteiger partial charge in [-0.15, -0.1) is 0 Å². The van der Waals surface area contributed by atoms with Gasteiger partial charge in [0.2, 0.25) is 0 Å². The van der Waals surface area contributed by atoms with Gasteiger partial charge in [0.1, 0.15) is 12.4 Å². The van der Waals surface area contributed by atoms with Crippen LogP contribution in [0.3, 0.4) is 0 Å². The molecule has 2 rings (SSSR count). The lowest BCUT2D eigenvalue weighted by Gasteiger charge is -2.21. The molecule has 0 unspecified atom stereocenters. The summed E-state index contributed by atoms with van der Waals surface area (Å²) in [4.78, 5) is 25.2. The Kier molecular flexibility index (Phi) is 6.40. The summed E-state index contributed by atoms with van der Waals surface area (Å²) in [7, 11) is 0. The Labute approximate surface area is 160 Å². The zero-order chi connectivity index (χ0) is 20.0. The lowest BCUT2D eigenvalue weighted by molar-refractivity contribution is 0.0920. The van der Waals surface area contributed by atoms with Crippen LogP contribution in [0.2, 0.25) is 0 Å². The highest BCUT2D eigenvalue weighted by Crippen LogP contribution is 2.19. The number of hydrogen-bond donors (Lipinski definition) is 2. The Morgan fingerprint density at radius 3 is 2.41 bits per heavy atom. The number of benzene rings is 2. The normalized spacial score (nSPS) is 10.8. The van der Waals surface area contributed by atoms with Gasteiger partial charge in [-0.05, 0) is 63.6 Å². The molecule has 0 radical (unpaired) electrons. The molecule has 5 nitrogen and oxygen atoms in total. The van der Waals surface area contributed by atoms with Crippen LogP contribution in [-0.2, 0) is 0 Å². The zero-order valence-corrected chi connectivity index (χ0v) is 16.3. The van der Waals surface area contributed by atoms with Crippen molar-refractivity contribution >= 4 is 17.5 Å². The van der Waals surface area contributed by atoms with Crippen LogP contribution in [0.4, 0.5) is 5.69 Å². The number of anilines is 1. The molecule has 0 fully saturated rings. The molecular formula is C22H26N2O3. The Bertz CT molecular complexity index is 851. The van der Waals surface area contributed by atoms with Crippen LogP contribution in [0.1, 0.15) is 48.4 Å². The summed E-state index contributed by atoms with van der Waals surface area (Å²) in [6.07, 6.45) is 0. The first-order valence-electron chi connectivity index (χ1n) is 8.76. The van der Waals surface area contributed by atoms with Gasteiger partial charge in [-0.2, -0.15) is 0 Å². The topological polar surface area (TPSA) is 67.4 Å². The molecule has 27 heavy (non-hydrogen) atoms. The minimum Gasteiger partial charge on any atom is -0.489 e. The van der Waals surface area contributed by atoms with Crippen molar-refractivity contribution in [3.63, 3.8) is 0 Å². The fourth-order valence-electron chi connectivity index (χ4n) is 2.33. The van der Waals surface area contributed by atoms with Crippen LogP contribution in [-0.4, -0.2) is 24.0 Å². The molecule has 0 saturated carbocycles. The molecule has 0 aliphatic rings. The summed E-state index contributed by atoms with van der Waals surface area (Å²) in [5.74, 6) is 0.0353.